The predicted octanol–water partition coefficient (Wildman–Crippen LogP) is 6.21. The van der Waals surface area contributed by atoms with Gasteiger partial charge in [0.1, 0.15) is 6.61 Å². The van der Waals surface area contributed by atoms with Crippen molar-refractivity contribution < 1.29 is 14.3 Å². The molecule has 0 aliphatic heterocycles. The number of nitrogens with one attached hydrogen (secondary N) is 1. The summed E-state index contributed by atoms with van der Waals surface area (Å²) in [6, 6.07) is 17.4. The average Bonchev–Trinajstić information content (AvgIpc) is 2.71. The third-order valence-corrected chi connectivity index (χ3v) is 5.44. The SMILES string of the molecule is COc1cc(C(=O)Nc2cccc(C)c2C)cc(Br)c1OCc1ccc(C)cc1. The Morgan fingerprint density at radius 1 is 1.03 bits per heavy atom. The number of aryl methyl sites for hydroxylation is 2. The number of hydrogen-bond acceptors (Lipinski definition) is 3. The molecule has 29 heavy (non-hydrogen) atoms. The molecule has 3 rings (SSSR count). The molecule has 3 aromatic rings. The molecule has 0 saturated heterocycles. The molecular weight excluding hydrogens is 430 g/mol. The molecule has 1 N–H and O–H groups in total. The lowest BCUT2D eigenvalue weighted by Crippen LogP contribution is -2.13. The quantitative estimate of drug-likeness (QED) is 0.482. The average molecular weight is 454 g/mol. The first-order chi connectivity index (χ1) is 13.9. The van der Waals surface area contributed by atoms with Crippen molar-refractivity contribution in [3.63, 3.8) is 0 Å². The molecule has 0 aromatic heterocycles. The topological polar surface area (TPSA) is 47.6 Å². The second kappa shape index (κ2) is 9.14. The van der Waals surface area contributed by atoms with Gasteiger partial charge in [-0.25, -0.2) is 0 Å². The number of benzene rings is 3. The molecule has 0 atom stereocenters. The van der Waals surface area contributed by atoms with E-state index in [1.54, 1.807) is 19.2 Å². The van der Waals surface area contributed by atoms with Gasteiger partial charge >= 0.3 is 0 Å². The molecule has 0 aliphatic rings. The fourth-order valence-electron chi connectivity index (χ4n) is 2.91. The van der Waals surface area contributed by atoms with Gasteiger partial charge in [-0.2, -0.15) is 0 Å². The molecule has 0 aliphatic carbocycles. The molecule has 1 amide bonds. The molecule has 4 nitrogen and oxygen atoms in total. The number of anilines is 1. The minimum absolute atomic E-state index is 0.206. The summed E-state index contributed by atoms with van der Waals surface area (Å²) in [6.07, 6.45) is 0. The highest BCUT2D eigenvalue weighted by atomic mass is 79.9. The Labute approximate surface area is 180 Å². The lowest BCUT2D eigenvalue weighted by atomic mass is 10.1. The van der Waals surface area contributed by atoms with E-state index in [9.17, 15) is 4.79 Å². The number of carbonyl (C=O) groups excluding carboxylic acids is 1. The number of rotatable bonds is 6. The van der Waals surface area contributed by atoms with E-state index in [1.807, 2.05) is 63.2 Å². The fraction of sp³-hybridized carbons (Fsp3) is 0.208. The summed E-state index contributed by atoms with van der Waals surface area (Å²) in [7, 11) is 1.56. The first-order valence-electron chi connectivity index (χ1n) is 9.32. The van der Waals surface area contributed by atoms with E-state index in [0.717, 1.165) is 22.4 Å². The smallest absolute Gasteiger partial charge is 0.255 e. The lowest BCUT2D eigenvalue weighted by molar-refractivity contribution is 0.102. The molecule has 0 heterocycles. The van der Waals surface area contributed by atoms with Crippen molar-refractivity contribution in [2.45, 2.75) is 27.4 Å². The van der Waals surface area contributed by atoms with Crippen molar-refractivity contribution in [2.24, 2.45) is 0 Å². The number of methoxy groups -OCH3 is 1. The van der Waals surface area contributed by atoms with Gasteiger partial charge < -0.3 is 14.8 Å². The number of ether oxygens (including phenoxy) is 2. The van der Waals surface area contributed by atoms with Crippen LogP contribution in [0.2, 0.25) is 0 Å². The molecule has 0 bridgehead atoms. The highest BCUT2D eigenvalue weighted by molar-refractivity contribution is 9.10. The van der Waals surface area contributed by atoms with Crippen LogP contribution in [0.4, 0.5) is 5.69 Å². The second-order valence-electron chi connectivity index (χ2n) is 6.97. The van der Waals surface area contributed by atoms with Crippen molar-refractivity contribution in [1.29, 1.82) is 0 Å². The van der Waals surface area contributed by atoms with Gasteiger partial charge in [0.05, 0.1) is 11.6 Å². The van der Waals surface area contributed by atoms with E-state index in [0.29, 0.717) is 28.1 Å². The van der Waals surface area contributed by atoms with Gasteiger partial charge in [0.2, 0.25) is 0 Å². The van der Waals surface area contributed by atoms with Crippen LogP contribution in [0.1, 0.15) is 32.6 Å². The van der Waals surface area contributed by atoms with Crippen molar-refractivity contribution in [2.75, 3.05) is 12.4 Å². The first-order valence-corrected chi connectivity index (χ1v) is 10.1. The lowest BCUT2D eigenvalue weighted by Gasteiger charge is -2.15. The monoisotopic (exact) mass is 453 g/mol. The predicted molar refractivity (Wildman–Crippen MR) is 120 cm³/mol. The summed E-state index contributed by atoms with van der Waals surface area (Å²) >= 11 is 3.52. The van der Waals surface area contributed by atoms with Gasteiger partial charge in [-0.05, 0) is 71.6 Å². The minimum Gasteiger partial charge on any atom is -0.493 e. The molecule has 5 heteroatoms. The largest absolute Gasteiger partial charge is 0.493 e. The Hall–Kier alpha value is -2.79. The van der Waals surface area contributed by atoms with E-state index < -0.39 is 0 Å². The van der Waals surface area contributed by atoms with Crippen LogP contribution in [-0.2, 0) is 6.61 Å². The van der Waals surface area contributed by atoms with Crippen LogP contribution < -0.4 is 14.8 Å². The maximum absolute atomic E-state index is 12.8. The molecule has 0 unspecified atom stereocenters. The summed E-state index contributed by atoms with van der Waals surface area (Å²) in [5, 5.41) is 2.97. The summed E-state index contributed by atoms with van der Waals surface area (Å²) in [5.74, 6) is 0.858. The Bertz CT molecular complexity index is 1030. The van der Waals surface area contributed by atoms with Gasteiger partial charge in [0, 0.05) is 11.3 Å². The fourth-order valence-corrected chi connectivity index (χ4v) is 3.47. The second-order valence-corrected chi connectivity index (χ2v) is 7.82. The zero-order valence-electron chi connectivity index (χ0n) is 17.0. The Morgan fingerprint density at radius 2 is 1.76 bits per heavy atom. The number of carbonyl (C=O) groups is 1. The maximum atomic E-state index is 12.8. The maximum Gasteiger partial charge on any atom is 0.255 e. The summed E-state index contributed by atoms with van der Waals surface area (Å²) < 4.78 is 12.1. The van der Waals surface area contributed by atoms with Crippen molar-refractivity contribution in [1.82, 2.24) is 0 Å². The number of hydrogen-bond donors (Lipinski definition) is 1. The van der Waals surface area contributed by atoms with Gasteiger partial charge in [0.15, 0.2) is 11.5 Å². The van der Waals surface area contributed by atoms with E-state index >= 15 is 0 Å². The minimum atomic E-state index is -0.206. The number of amides is 1. The molecule has 0 saturated carbocycles. The van der Waals surface area contributed by atoms with Crippen LogP contribution in [-0.4, -0.2) is 13.0 Å². The molecule has 0 radical (unpaired) electrons. The third-order valence-electron chi connectivity index (χ3n) is 4.85. The summed E-state index contributed by atoms with van der Waals surface area (Å²) in [6.45, 7) is 6.46. The van der Waals surface area contributed by atoms with E-state index in [1.165, 1.54) is 5.56 Å². The molecule has 3 aromatic carbocycles. The Balaban J connectivity index is 1.80. The van der Waals surface area contributed by atoms with Gasteiger partial charge in [-0.1, -0.05) is 42.0 Å². The highest BCUT2D eigenvalue weighted by Gasteiger charge is 2.17. The molecule has 0 fully saturated rings. The van der Waals surface area contributed by atoms with Gasteiger partial charge in [-0.15, -0.1) is 0 Å². The Kier molecular flexibility index (Phi) is 6.60. The third kappa shape index (κ3) is 4.98. The van der Waals surface area contributed by atoms with Crippen LogP contribution >= 0.6 is 15.9 Å². The first kappa shape index (κ1) is 20.9. The van der Waals surface area contributed by atoms with Gasteiger partial charge in [0.25, 0.3) is 5.91 Å². The van der Waals surface area contributed by atoms with E-state index in [2.05, 4.69) is 21.2 Å². The molecule has 150 valence electrons. The summed E-state index contributed by atoms with van der Waals surface area (Å²) in [5.41, 5.74) is 5.71. The van der Waals surface area contributed by atoms with Gasteiger partial charge in [-0.3, -0.25) is 4.79 Å². The molecular formula is C24H24BrNO3. The zero-order chi connectivity index (χ0) is 21.0. The van der Waals surface area contributed by atoms with E-state index in [-0.39, 0.29) is 5.91 Å². The Morgan fingerprint density at radius 3 is 2.45 bits per heavy atom. The molecule has 0 spiro atoms. The highest BCUT2D eigenvalue weighted by Crippen LogP contribution is 2.37. The summed E-state index contributed by atoms with van der Waals surface area (Å²) in [4.78, 5) is 12.8. The standard InChI is InChI=1S/C24H24BrNO3/c1-15-8-10-18(11-9-15)14-29-23-20(25)12-19(13-22(23)28-4)24(27)26-21-7-5-6-16(2)17(21)3/h5-13H,14H2,1-4H3,(H,26,27). The van der Waals surface area contributed by atoms with E-state index in [4.69, 9.17) is 9.47 Å². The van der Waals surface area contributed by atoms with Crippen LogP contribution in [0.3, 0.4) is 0 Å². The van der Waals surface area contributed by atoms with Crippen LogP contribution in [0.15, 0.2) is 59.1 Å². The van der Waals surface area contributed by atoms with Crippen molar-refractivity contribution >= 4 is 27.5 Å². The number of halogens is 1. The zero-order valence-corrected chi connectivity index (χ0v) is 18.6. The van der Waals surface area contributed by atoms with Crippen molar-refractivity contribution in [3.8, 4) is 11.5 Å². The van der Waals surface area contributed by atoms with Crippen molar-refractivity contribution in [3.05, 3.63) is 86.9 Å². The van der Waals surface area contributed by atoms with Crippen LogP contribution in [0.5, 0.6) is 11.5 Å². The normalized spacial score (nSPS) is 10.5. The van der Waals surface area contributed by atoms with Crippen LogP contribution in [0, 0.1) is 20.8 Å². The van der Waals surface area contributed by atoms with Crippen LogP contribution in [0.25, 0.3) is 0 Å².